The lowest BCUT2D eigenvalue weighted by Crippen LogP contribution is -2.32. The minimum atomic E-state index is -0.350. The Morgan fingerprint density at radius 2 is 2.19 bits per heavy atom. The van der Waals surface area contributed by atoms with Crippen LogP contribution in [0.15, 0.2) is 34.9 Å². The van der Waals surface area contributed by atoms with Gasteiger partial charge in [0.2, 0.25) is 5.91 Å². The van der Waals surface area contributed by atoms with Gasteiger partial charge in [-0.1, -0.05) is 6.07 Å². The van der Waals surface area contributed by atoms with E-state index in [1.165, 1.54) is 11.3 Å². The van der Waals surface area contributed by atoms with Crippen molar-refractivity contribution < 1.29 is 9.59 Å². The maximum Gasteiger partial charge on any atom is 0.273 e. The van der Waals surface area contributed by atoms with Gasteiger partial charge in [0.1, 0.15) is 11.4 Å². The first kappa shape index (κ1) is 13.4. The van der Waals surface area contributed by atoms with E-state index in [1.54, 1.807) is 6.20 Å². The highest BCUT2D eigenvalue weighted by Crippen LogP contribution is 2.23. The molecule has 0 aliphatic carbocycles. The molecule has 0 radical (unpaired) electrons. The number of anilines is 1. The van der Waals surface area contributed by atoms with E-state index in [4.69, 9.17) is 0 Å². The van der Waals surface area contributed by atoms with E-state index in [0.717, 1.165) is 5.69 Å². The third kappa shape index (κ3) is 3.11. The number of thiazole rings is 1. The predicted molar refractivity (Wildman–Crippen MR) is 78.8 cm³/mol. The molecule has 2 amide bonds. The Morgan fingerprint density at radius 3 is 2.90 bits per heavy atom. The van der Waals surface area contributed by atoms with Gasteiger partial charge in [-0.2, -0.15) is 5.10 Å². The molecule has 106 valence electrons. The number of aromatic nitrogens is 2. The van der Waals surface area contributed by atoms with E-state index in [0.29, 0.717) is 23.0 Å². The number of hydrogen-bond acceptors (Lipinski definition) is 6. The van der Waals surface area contributed by atoms with Crippen LogP contribution in [0.4, 0.5) is 5.13 Å². The molecule has 3 rings (SSSR count). The lowest BCUT2D eigenvalue weighted by atomic mass is 10.2. The maximum absolute atomic E-state index is 12.0. The number of carbonyl (C=O) groups excluding carboxylic acids is 2. The number of pyridine rings is 1. The van der Waals surface area contributed by atoms with Gasteiger partial charge in [-0.3, -0.25) is 19.9 Å². The molecule has 0 spiro atoms. The molecule has 21 heavy (non-hydrogen) atoms. The van der Waals surface area contributed by atoms with Crippen molar-refractivity contribution in [1.82, 2.24) is 15.4 Å². The van der Waals surface area contributed by atoms with Crippen LogP contribution in [0.5, 0.6) is 0 Å². The molecule has 7 nitrogen and oxygen atoms in total. The second kappa shape index (κ2) is 5.80. The summed E-state index contributed by atoms with van der Waals surface area (Å²) < 4.78 is 0. The zero-order valence-corrected chi connectivity index (χ0v) is 11.7. The number of nitrogens with one attached hydrogen (secondary N) is 2. The Balaban J connectivity index is 1.70. The van der Waals surface area contributed by atoms with E-state index < -0.39 is 0 Å². The first-order valence-corrected chi connectivity index (χ1v) is 7.14. The summed E-state index contributed by atoms with van der Waals surface area (Å²) in [4.78, 5) is 31.5. The van der Waals surface area contributed by atoms with Gasteiger partial charge in [0.25, 0.3) is 5.91 Å². The van der Waals surface area contributed by atoms with Crippen LogP contribution in [0.25, 0.3) is 11.4 Å². The van der Waals surface area contributed by atoms with Gasteiger partial charge in [-0.15, -0.1) is 11.3 Å². The Bertz CT molecular complexity index is 710. The molecule has 8 heteroatoms. The fourth-order valence-corrected chi connectivity index (χ4v) is 2.47. The zero-order chi connectivity index (χ0) is 14.7. The van der Waals surface area contributed by atoms with Crippen LogP contribution in [0.2, 0.25) is 0 Å². The Hall–Kier alpha value is -2.61. The van der Waals surface area contributed by atoms with Gasteiger partial charge < -0.3 is 0 Å². The first-order valence-electron chi connectivity index (χ1n) is 6.26. The van der Waals surface area contributed by atoms with Crippen LogP contribution in [0, 0.1) is 0 Å². The fourth-order valence-electron chi connectivity index (χ4n) is 1.77. The summed E-state index contributed by atoms with van der Waals surface area (Å²) in [5.41, 5.74) is 4.04. The van der Waals surface area contributed by atoms with Gasteiger partial charge in [0.05, 0.1) is 5.69 Å². The molecule has 2 aromatic heterocycles. The van der Waals surface area contributed by atoms with Crippen LogP contribution in [0.1, 0.15) is 12.8 Å². The number of carbonyl (C=O) groups is 2. The highest BCUT2D eigenvalue weighted by Gasteiger charge is 2.19. The molecule has 0 saturated heterocycles. The van der Waals surface area contributed by atoms with Crippen LogP contribution in [-0.2, 0) is 9.59 Å². The summed E-state index contributed by atoms with van der Waals surface area (Å²) in [6.07, 6.45) is 2.28. The lowest BCUT2D eigenvalue weighted by molar-refractivity contribution is -0.121. The van der Waals surface area contributed by atoms with Crippen molar-refractivity contribution in [2.75, 3.05) is 5.32 Å². The molecule has 0 bridgehead atoms. The number of hydrogen-bond donors (Lipinski definition) is 2. The standard InChI is InChI=1S/C13H11N5O2S/c19-11-5-4-9(17-18-11)12(20)16-13-15-10(7-21-13)8-3-1-2-6-14-8/h1-3,6-7H,4-5H2,(H,18,19)(H,15,16,20). The van der Waals surface area contributed by atoms with E-state index in [2.05, 4.69) is 25.8 Å². The molecule has 1 aliphatic heterocycles. The average Bonchev–Trinajstić information content (AvgIpc) is 2.97. The van der Waals surface area contributed by atoms with Crippen LogP contribution in [-0.4, -0.2) is 27.5 Å². The van der Waals surface area contributed by atoms with E-state index in [-0.39, 0.29) is 18.2 Å². The average molecular weight is 301 g/mol. The van der Waals surface area contributed by atoms with Crippen molar-refractivity contribution >= 4 is 34.0 Å². The largest absolute Gasteiger partial charge is 0.297 e. The summed E-state index contributed by atoms with van der Waals surface area (Å²) in [6, 6.07) is 5.55. The molecule has 1 aliphatic rings. The first-order chi connectivity index (χ1) is 10.2. The molecule has 2 aromatic rings. The van der Waals surface area contributed by atoms with Gasteiger partial charge in [0.15, 0.2) is 5.13 Å². The second-order valence-corrected chi connectivity index (χ2v) is 5.16. The molecule has 0 unspecified atom stereocenters. The summed E-state index contributed by atoms with van der Waals surface area (Å²) in [6.45, 7) is 0. The van der Waals surface area contributed by atoms with Crippen molar-refractivity contribution in [2.24, 2.45) is 5.10 Å². The van der Waals surface area contributed by atoms with Crippen molar-refractivity contribution in [1.29, 1.82) is 0 Å². The Morgan fingerprint density at radius 1 is 1.29 bits per heavy atom. The summed E-state index contributed by atoms with van der Waals surface area (Å²) in [7, 11) is 0. The van der Waals surface area contributed by atoms with E-state index in [1.807, 2.05) is 23.6 Å². The monoisotopic (exact) mass is 301 g/mol. The summed E-state index contributed by atoms with van der Waals surface area (Å²) >= 11 is 1.31. The quantitative estimate of drug-likeness (QED) is 0.895. The van der Waals surface area contributed by atoms with E-state index in [9.17, 15) is 9.59 Å². The van der Waals surface area contributed by atoms with Gasteiger partial charge in [-0.25, -0.2) is 10.4 Å². The highest BCUT2D eigenvalue weighted by atomic mass is 32.1. The maximum atomic E-state index is 12.0. The molecule has 2 N–H and O–H groups in total. The topological polar surface area (TPSA) is 96.3 Å². The summed E-state index contributed by atoms with van der Waals surface area (Å²) in [5.74, 6) is -0.532. The summed E-state index contributed by atoms with van der Waals surface area (Å²) in [5, 5.41) is 8.71. The highest BCUT2D eigenvalue weighted by molar-refractivity contribution is 7.14. The molecular weight excluding hydrogens is 290 g/mol. The molecule has 0 fully saturated rings. The van der Waals surface area contributed by atoms with Gasteiger partial charge >= 0.3 is 0 Å². The molecule has 0 atom stereocenters. The fraction of sp³-hybridized carbons (Fsp3) is 0.154. The molecule has 0 saturated carbocycles. The van der Waals surface area contributed by atoms with Crippen molar-refractivity contribution in [3.63, 3.8) is 0 Å². The Kier molecular flexibility index (Phi) is 3.69. The van der Waals surface area contributed by atoms with Crippen LogP contribution >= 0.6 is 11.3 Å². The SMILES string of the molecule is O=C1CCC(C(=O)Nc2nc(-c3ccccn3)cs2)=NN1. The van der Waals surface area contributed by atoms with Gasteiger partial charge in [-0.05, 0) is 12.1 Å². The smallest absolute Gasteiger partial charge is 0.273 e. The molecule has 0 aromatic carbocycles. The number of amides is 2. The predicted octanol–water partition coefficient (Wildman–Crippen LogP) is 1.41. The van der Waals surface area contributed by atoms with Crippen molar-refractivity contribution in [2.45, 2.75) is 12.8 Å². The van der Waals surface area contributed by atoms with E-state index >= 15 is 0 Å². The van der Waals surface area contributed by atoms with Crippen molar-refractivity contribution in [3.8, 4) is 11.4 Å². The minimum absolute atomic E-state index is 0.182. The normalized spacial score (nSPS) is 14.3. The number of hydrazone groups is 1. The second-order valence-electron chi connectivity index (χ2n) is 4.30. The molecular formula is C13H11N5O2S. The lowest BCUT2D eigenvalue weighted by Gasteiger charge is -2.10. The van der Waals surface area contributed by atoms with Crippen LogP contribution < -0.4 is 10.7 Å². The number of nitrogens with zero attached hydrogens (tertiary/aromatic N) is 3. The minimum Gasteiger partial charge on any atom is -0.297 e. The number of rotatable bonds is 3. The third-order valence-electron chi connectivity index (χ3n) is 2.82. The van der Waals surface area contributed by atoms with Crippen molar-refractivity contribution in [3.05, 3.63) is 29.8 Å². The third-order valence-corrected chi connectivity index (χ3v) is 3.58. The Labute approximate surface area is 124 Å². The molecule has 3 heterocycles. The zero-order valence-electron chi connectivity index (χ0n) is 10.9. The van der Waals surface area contributed by atoms with Gasteiger partial charge in [0, 0.05) is 24.4 Å². The van der Waals surface area contributed by atoms with Crippen LogP contribution in [0.3, 0.4) is 0 Å².